The van der Waals surface area contributed by atoms with Gasteiger partial charge in [-0.25, -0.2) is 4.79 Å². The number of urea groups is 1. The summed E-state index contributed by atoms with van der Waals surface area (Å²) >= 11 is 7.48. The molecule has 5 nitrogen and oxygen atoms in total. The van der Waals surface area contributed by atoms with E-state index in [-0.39, 0.29) is 12.1 Å². The number of rotatable bonds is 4. The minimum Gasteiger partial charge on any atom is -0.338 e. The largest absolute Gasteiger partial charge is 0.338 e. The molecule has 0 radical (unpaired) electrons. The van der Waals surface area contributed by atoms with Crippen LogP contribution in [0, 0.1) is 0 Å². The number of amides is 2. The van der Waals surface area contributed by atoms with E-state index >= 15 is 0 Å². The quantitative estimate of drug-likeness (QED) is 0.894. The SMILES string of the molecule is O=C(NCCc1ccc(Cl)s1)N1CCCC[C@H]1c1cn[nH]c1. The number of halogens is 1. The van der Waals surface area contributed by atoms with Gasteiger partial charge in [0, 0.05) is 29.7 Å². The minimum absolute atomic E-state index is 0.00792. The summed E-state index contributed by atoms with van der Waals surface area (Å²) < 4.78 is 0.789. The van der Waals surface area contributed by atoms with Gasteiger partial charge in [0.15, 0.2) is 0 Å². The van der Waals surface area contributed by atoms with Crippen LogP contribution in [0.2, 0.25) is 4.34 Å². The van der Waals surface area contributed by atoms with Crippen molar-refractivity contribution >= 4 is 29.0 Å². The fourth-order valence-electron chi connectivity index (χ4n) is 2.84. The molecule has 1 atom stereocenters. The second kappa shape index (κ2) is 7.15. The molecule has 2 aromatic heterocycles. The number of likely N-dealkylation sites (tertiary alicyclic amines) is 1. The summed E-state index contributed by atoms with van der Waals surface area (Å²) in [6, 6.07) is 4.04. The number of nitrogens with one attached hydrogen (secondary N) is 2. The van der Waals surface area contributed by atoms with Crippen LogP contribution in [-0.2, 0) is 6.42 Å². The molecule has 22 heavy (non-hydrogen) atoms. The highest BCUT2D eigenvalue weighted by atomic mass is 35.5. The highest BCUT2D eigenvalue weighted by Crippen LogP contribution is 2.30. The van der Waals surface area contributed by atoms with Gasteiger partial charge in [-0.05, 0) is 37.8 Å². The third kappa shape index (κ3) is 3.62. The first-order valence-electron chi connectivity index (χ1n) is 7.51. The average Bonchev–Trinajstić information content (AvgIpc) is 3.19. The molecular formula is C15H19ClN4OS. The number of carbonyl (C=O) groups is 1. The number of hydrogen-bond donors (Lipinski definition) is 2. The molecular weight excluding hydrogens is 320 g/mol. The van der Waals surface area contributed by atoms with Gasteiger partial charge in [-0.2, -0.15) is 5.10 Å². The first-order valence-corrected chi connectivity index (χ1v) is 8.71. The standard InChI is InChI=1S/C15H19ClN4OS/c16-14-5-4-12(22-14)6-7-17-15(21)20-8-2-1-3-13(20)11-9-18-19-10-11/h4-5,9-10,13H,1-3,6-8H2,(H,17,21)(H,18,19)/t13-/m0/s1. The molecule has 0 saturated carbocycles. The molecule has 1 saturated heterocycles. The lowest BCUT2D eigenvalue weighted by Crippen LogP contribution is -2.45. The third-order valence-electron chi connectivity index (χ3n) is 3.94. The smallest absolute Gasteiger partial charge is 0.317 e. The number of carbonyl (C=O) groups excluding carboxylic acids is 1. The number of aromatic amines is 1. The molecule has 2 aromatic rings. The monoisotopic (exact) mass is 338 g/mol. The normalized spacial score (nSPS) is 18.4. The molecule has 118 valence electrons. The van der Waals surface area contributed by atoms with Gasteiger partial charge in [0.1, 0.15) is 0 Å². The molecule has 1 fully saturated rings. The predicted molar refractivity (Wildman–Crippen MR) is 88.3 cm³/mol. The van der Waals surface area contributed by atoms with Crippen LogP contribution in [-0.4, -0.2) is 34.2 Å². The fourth-order valence-corrected chi connectivity index (χ4v) is 3.93. The molecule has 1 aliphatic rings. The maximum absolute atomic E-state index is 12.5. The number of thiophene rings is 1. The molecule has 7 heteroatoms. The van der Waals surface area contributed by atoms with Gasteiger partial charge in [-0.15, -0.1) is 11.3 Å². The zero-order chi connectivity index (χ0) is 15.4. The van der Waals surface area contributed by atoms with Crippen LogP contribution in [0.5, 0.6) is 0 Å². The van der Waals surface area contributed by atoms with E-state index < -0.39 is 0 Å². The summed E-state index contributed by atoms with van der Waals surface area (Å²) in [7, 11) is 0. The molecule has 2 N–H and O–H groups in total. The Balaban J connectivity index is 1.55. The van der Waals surface area contributed by atoms with E-state index in [4.69, 9.17) is 11.6 Å². The molecule has 0 bridgehead atoms. The Morgan fingerprint density at radius 1 is 1.50 bits per heavy atom. The van der Waals surface area contributed by atoms with Crippen molar-refractivity contribution in [2.75, 3.05) is 13.1 Å². The number of aromatic nitrogens is 2. The van der Waals surface area contributed by atoms with Gasteiger partial charge >= 0.3 is 6.03 Å². The Kier molecular flexibility index (Phi) is 5.00. The lowest BCUT2D eigenvalue weighted by Gasteiger charge is -2.35. The summed E-state index contributed by atoms with van der Waals surface area (Å²) in [6.07, 6.45) is 7.70. The predicted octanol–water partition coefficient (Wildman–Crippen LogP) is 3.60. The van der Waals surface area contributed by atoms with E-state index in [1.807, 2.05) is 29.4 Å². The molecule has 0 aromatic carbocycles. The topological polar surface area (TPSA) is 61.0 Å². The number of nitrogens with zero attached hydrogens (tertiary/aromatic N) is 2. The first kappa shape index (κ1) is 15.4. The summed E-state index contributed by atoms with van der Waals surface area (Å²) in [5.41, 5.74) is 1.08. The first-order chi connectivity index (χ1) is 10.7. The Hall–Kier alpha value is -1.53. The fraction of sp³-hybridized carbons (Fsp3) is 0.467. The highest BCUT2D eigenvalue weighted by molar-refractivity contribution is 7.16. The number of hydrogen-bond acceptors (Lipinski definition) is 3. The summed E-state index contributed by atoms with van der Waals surface area (Å²) in [4.78, 5) is 15.6. The van der Waals surface area contributed by atoms with Crippen LogP contribution < -0.4 is 5.32 Å². The van der Waals surface area contributed by atoms with Crippen molar-refractivity contribution in [1.29, 1.82) is 0 Å². The summed E-state index contributed by atoms with van der Waals surface area (Å²) in [6.45, 7) is 1.43. The summed E-state index contributed by atoms with van der Waals surface area (Å²) in [5, 5.41) is 9.86. The second-order valence-corrected chi connectivity index (χ2v) is 7.22. The Morgan fingerprint density at radius 3 is 3.14 bits per heavy atom. The Labute approximate surface area is 138 Å². The van der Waals surface area contributed by atoms with E-state index in [1.54, 1.807) is 11.3 Å². The van der Waals surface area contributed by atoms with Crippen molar-refractivity contribution in [3.05, 3.63) is 39.3 Å². The van der Waals surface area contributed by atoms with Crippen molar-refractivity contribution in [2.24, 2.45) is 0 Å². The molecule has 2 amide bonds. The zero-order valence-electron chi connectivity index (χ0n) is 12.2. The van der Waals surface area contributed by atoms with E-state index in [2.05, 4.69) is 15.5 Å². The van der Waals surface area contributed by atoms with Crippen molar-refractivity contribution < 1.29 is 4.79 Å². The van der Waals surface area contributed by atoms with E-state index in [0.29, 0.717) is 6.54 Å². The molecule has 0 unspecified atom stereocenters. The van der Waals surface area contributed by atoms with Gasteiger partial charge in [0.2, 0.25) is 0 Å². The highest BCUT2D eigenvalue weighted by Gasteiger charge is 2.28. The lowest BCUT2D eigenvalue weighted by atomic mass is 9.98. The van der Waals surface area contributed by atoms with Gasteiger partial charge < -0.3 is 10.2 Å². The second-order valence-electron chi connectivity index (χ2n) is 5.42. The van der Waals surface area contributed by atoms with Crippen molar-refractivity contribution in [1.82, 2.24) is 20.4 Å². The molecule has 3 rings (SSSR count). The molecule has 0 spiro atoms. The Morgan fingerprint density at radius 2 is 2.41 bits per heavy atom. The molecule has 1 aliphatic heterocycles. The summed E-state index contributed by atoms with van der Waals surface area (Å²) in [5.74, 6) is 0. The van der Waals surface area contributed by atoms with Gasteiger partial charge in [0.05, 0.1) is 16.6 Å². The zero-order valence-corrected chi connectivity index (χ0v) is 13.8. The molecule has 0 aliphatic carbocycles. The lowest BCUT2D eigenvalue weighted by molar-refractivity contribution is 0.151. The van der Waals surface area contributed by atoms with E-state index in [9.17, 15) is 4.79 Å². The van der Waals surface area contributed by atoms with Crippen molar-refractivity contribution in [2.45, 2.75) is 31.7 Å². The van der Waals surface area contributed by atoms with Crippen molar-refractivity contribution in [3.8, 4) is 0 Å². The average molecular weight is 339 g/mol. The van der Waals surface area contributed by atoms with Crippen LogP contribution in [0.4, 0.5) is 4.79 Å². The van der Waals surface area contributed by atoms with Gasteiger partial charge in [-0.3, -0.25) is 5.10 Å². The van der Waals surface area contributed by atoms with Gasteiger partial charge in [0.25, 0.3) is 0 Å². The van der Waals surface area contributed by atoms with E-state index in [1.165, 1.54) is 4.88 Å². The maximum Gasteiger partial charge on any atom is 0.317 e. The van der Waals surface area contributed by atoms with Crippen LogP contribution in [0.15, 0.2) is 24.5 Å². The van der Waals surface area contributed by atoms with Crippen molar-refractivity contribution in [3.63, 3.8) is 0 Å². The molecule has 3 heterocycles. The number of H-pyrrole nitrogens is 1. The minimum atomic E-state index is 0.00792. The van der Waals surface area contributed by atoms with Crippen LogP contribution in [0.3, 0.4) is 0 Å². The number of piperidine rings is 1. The van der Waals surface area contributed by atoms with Crippen LogP contribution >= 0.6 is 22.9 Å². The van der Waals surface area contributed by atoms with Crippen LogP contribution in [0.1, 0.15) is 35.7 Å². The Bertz CT molecular complexity index is 613. The third-order valence-corrected chi connectivity index (χ3v) is 5.24. The maximum atomic E-state index is 12.5. The van der Waals surface area contributed by atoms with E-state index in [0.717, 1.165) is 42.1 Å². The van der Waals surface area contributed by atoms with Crippen LogP contribution in [0.25, 0.3) is 0 Å². The van der Waals surface area contributed by atoms with Gasteiger partial charge in [-0.1, -0.05) is 11.6 Å².